The lowest BCUT2D eigenvalue weighted by Gasteiger charge is -2.39. The zero-order chi connectivity index (χ0) is 9.42. The van der Waals surface area contributed by atoms with E-state index >= 15 is 0 Å². The van der Waals surface area contributed by atoms with Gasteiger partial charge in [0.25, 0.3) is 0 Å². The van der Waals surface area contributed by atoms with E-state index in [-0.39, 0.29) is 0 Å². The molecule has 2 rings (SSSR count). The molecule has 0 amide bonds. The molecule has 0 aromatic heterocycles. The molecule has 1 aliphatic carbocycles. The van der Waals surface area contributed by atoms with Crippen LogP contribution in [0.2, 0.25) is 0 Å². The van der Waals surface area contributed by atoms with Crippen molar-refractivity contribution in [1.82, 2.24) is 4.90 Å². The molecule has 2 aliphatic rings. The van der Waals surface area contributed by atoms with Crippen LogP contribution in [0.25, 0.3) is 0 Å². The molecular formula is C11H21NO. The molecule has 76 valence electrons. The highest BCUT2D eigenvalue weighted by atomic mass is 16.5. The van der Waals surface area contributed by atoms with E-state index in [1.807, 2.05) is 0 Å². The van der Waals surface area contributed by atoms with Crippen molar-refractivity contribution in [1.29, 1.82) is 0 Å². The van der Waals surface area contributed by atoms with Crippen molar-refractivity contribution >= 4 is 0 Å². The molecule has 1 heterocycles. The molecule has 2 atom stereocenters. The van der Waals surface area contributed by atoms with Crippen LogP contribution in [0.5, 0.6) is 0 Å². The summed E-state index contributed by atoms with van der Waals surface area (Å²) in [4.78, 5) is 2.42. The van der Waals surface area contributed by atoms with E-state index in [1.165, 1.54) is 25.9 Å². The monoisotopic (exact) mass is 183 g/mol. The number of nitrogens with zero attached hydrogens (tertiary/aromatic N) is 1. The van der Waals surface area contributed by atoms with Gasteiger partial charge in [0, 0.05) is 13.1 Å². The maximum atomic E-state index is 6.05. The fraction of sp³-hybridized carbons (Fsp3) is 1.00. The smallest absolute Gasteiger partial charge is 0.0654 e. The van der Waals surface area contributed by atoms with E-state index in [0.29, 0.717) is 24.0 Å². The van der Waals surface area contributed by atoms with Crippen LogP contribution < -0.4 is 0 Å². The van der Waals surface area contributed by atoms with Crippen LogP contribution in [-0.2, 0) is 4.74 Å². The SMILES string of the molecule is CC1CN(C)CC(C)C1OC1CC1. The lowest BCUT2D eigenvalue weighted by atomic mass is 9.88. The van der Waals surface area contributed by atoms with E-state index < -0.39 is 0 Å². The first-order chi connectivity index (χ1) is 6.16. The Morgan fingerprint density at radius 3 is 2.08 bits per heavy atom. The Hall–Kier alpha value is -0.0800. The predicted molar refractivity (Wildman–Crippen MR) is 53.7 cm³/mol. The molecule has 1 saturated carbocycles. The van der Waals surface area contributed by atoms with Crippen LogP contribution in [0, 0.1) is 11.8 Å². The summed E-state index contributed by atoms with van der Waals surface area (Å²) in [6.07, 6.45) is 3.72. The standard InChI is InChI=1S/C11H21NO/c1-8-6-12(3)7-9(2)11(8)13-10-4-5-10/h8-11H,4-7H2,1-3H3. The minimum atomic E-state index is 0.517. The van der Waals surface area contributed by atoms with Gasteiger partial charge in [-0.15, -0.1) is 0 Å². The first kappa shape index (κ1) is 9.47. The van der Waals surface area contributed by atoms with Gasteiger partial charge in [-0.2, -0.15) is 0 Å². The Morgan fingerprint density at radius 1 is 1.08 bits per heavy atom. The molecule has 0 bridgehead atoms. The van der Waals surface area contributed by atoms with Gasteiger partial charge in [0.1, 0.15) is 0 Å². The highest BCUT2D eigenvalue weighted by Gasteiger charge is 2.35. The molecule has 13 heavy (non-hydrogen) atoms. The third-order valence-corrected chi connectivity index (χ3v) is 3.19. The minimum Gasteiger partial charge on any atom is -0.374 e. The second-order valence-electron chi connectivity index (χ2n) is 4.98. The molecule has 0 N–H and O–H groups in total. The second kappa shape index (κ2) is 3.58. The minimum absolute atomic E-state index is 0.517. The van der Waals surface area contributed by atoms with Crippen molar-refractivity contribution in [2.75, 3.05) is 20.1 Å². The van der Waals surface area contributed by atoms with Crippen molar-refractivity contribution in [3.05, 3.63) is 0 Å². The summed E-state index contributed by atoms with van der Waals surface area (Å²) in [5.74, 6) is 1.41. The van der Waals surface area contributed by atoms with E-state index in [9.17, 15) is 0 Å². The third-order valence-electron chi connectivity index (χ3n) is 3.19. The third kappa shape index (κ3) is 2.23. The van der Waals surface area contributed by atoms with Crippen molar-refractivity contribution in [3.63, 3.8) is 0 Å². The molecule has 2 unspecified atom stereocenters. The van der Waals surface area contributed by atoms with Gasteiger partial charge in [-0.1, -0.05) is 13.8 Å². The van der Waals surface area contributed by atoms with E-state index in [2.05, 4.69) is 25.8 Å². The van der Waals surface area contributed by atoms with Gasteiger partial charge in [0.15, 0.2) is 0 Å². The summed E-state index contributed by atoms with van der Waals surface area (Å²) in [6.45, 7) is 7.03. The fourth-order valence-corrected chi connectivity index (χ4v) is 2.52. The quantitative estimate of drug-likeness (QED) is 0.646. The van der Waals surface area contributed by atoms with Crippen molar-refractivity contribution in [3.8, 4) is 0 Å². The largest absolute Gasteiger partial charge is 0.374 e. The fourth-order valence-electron chi connectivity index (χ4n) is 2.52. The van der Waals surface area contributed by atoms with Gasteiger partial charge in [-0.05, 0) is 31.7 Å². The maximum Gasteiger partial charge on any atom is 0.0654 e. The molecule has 0 spiro atoms. The number of rotatable bonds is 2. The molecule has 2 nitrogen and oxygen atoms in total. The van der Waals surface area contributed by atoms with Crippen LogP contribution in [0.4, 0.5) is 0 Å². The summed E-state index contributed by atoms with van der Waals surface area (Å²) in [6, 6.07) is 0. The van der Waals surface area contributed by atoms with Crippen LogP contribution in [0.1, 0.15) is 26.7 Å². The lowest BCUT2D eigenvalue weighted by molar-refractivity contribution is -0.0645. The van der Waals surface area contributed by atoms with Crippen molar-refractivity contribution < 1.29 is 4.74 Å². The van der Waals surface area contributed by atoms with Crippen molar-refractivity contribution in [2.45, 2.75) is 38.9 Å². The van der Waals surface area contributed by atoms with Crippen LogP contribution >= 0.6 is 0 Å². The molecule has 0 aromatic carbocycles. The summed E-state index contributed by atoms with van der Waals surface area (Å²) >= 11 is 0. The number of hydrogen-bond donors (Lipinski definition) is 0. The summed E-state index contributed by atoms with van der Waals surface area (Å²) < 4.78 is 6.05. The van der Waals surface area contributed by atoms with Crippen LogP contribution in [0.3, 0.4) is 0 Å². The zero-order valence-corrected chi connectivity index (χ0v) is 8.99. The molecule has 1 aliphatic heterocycles. The van der Waals surface area contributed by atoms with E-state index in [1.54, 1.807) is 0 Å². The number of piperidine rings is 1. The van der Waals surface area contributed by atoms with E-state index in [0.717, 1.165) is 0 Å². The Bertz CT molecular complexity index is 167. The average molecular weight is 183 g/mol. The molecular weight excluding hydrogens is 162 g/mol. The predicted octanol–water partition coefficient (Wildman–Crippen LogP) is 1.75. The summed E-state index contributed by atoms with van der Waals surface area (Å²) in [5.41, 5.74) is 0. The first-order valence-electron chi connectivity index (χ1n) is 5.51. The Labute approximate surface area is 81.3 Å². The van der Waals surface area contributed by atoms with Crippen LogP contribution in [0.15, 0.2) is 0 Å². The Kier molecular flexibility index (Phi) is 2.61. The van der Waals surface area contributed by atoms with Gasteiger partial charge in [-0.3, -0.25) is 0 Å². The lowest BCUT2D eigenvalue weighted by Crippen LogP contribution is -2.47. The highest BCUT2D eigenvalue weighted by molar-refractivity contribution is 4.85. The number of ether oxygens (including phenoxy) is 1. The Balaban J connectivity index is 1.90. The molecule has 1 saturated heterocycles. The van der Waals surface area contributed by atoms with Gasteiger partial charge >= 0.3 is 0 Å². The Morgan fingerprint density at radius 2 is 1.62 bits per heavy atom. The zero-order valence-electron chi connectivity index (χ0n) is 8.99. The van der Waals surface area contributed by atoms with Gasteiger partial charge in [0.2, 0.25) is 0 Å². The van der Waals surface area contributed by atoms with Gasteiger partial charge in [-0.25, -0.2) is 0 Å². The van der Waals surface area contributed by atoms with Gasteiger partial charge < -0.3 is 9.64 Å². The summed E-state index contributed by atoms with van der Waals surface area (Å²) in [7, 11) is 2.21. The van der Waals surface area contributed by atoms with Crippen molar-refractivity contribution in [2.24, 2.45) is 11.8 Å². The van der Waals surface area contributed by atoms with E-state index in [4.69, 9.17) is 4.74 Å². The first-order valence-corrected chi connectivity index (χ1v) is 5.51. The normalized spacial score (nSPS) is 42.2. The second-order valence-corrected chi connectivity index (χ2v) is 4.98. The van der Waals surface area contributed by atoms with Gasteiger partial charge in [0.05, 0.1) is 12.2 Å². The maximum absolute atomic E-state index is 6.05. The molecule has 2 fully saturated rings. The summed E-state index contributed by atoms with van der Waals surface area (Å²) in [5, 5.41) is 0. The average Bonchev–Trinajstić information content (AvgIpc) is 2.79. The topological polar surface area (TPSA) is 12.5 Å². The highest BCUT2D eigenvalue weighted by Crippen LogP contribution is 2.32. The molecule has 0 aromatic rings. The molecule has 2 heteroatoms. The number of hydrogen-bond acceptors (Lipinski definition) is 2. The molecule has 0 radical (unpaired) electrons. The number of likely N-dealkylation sites (tertiary alicyclic amines) is 1. The van der Waals surface area contributed by atoms with Crippen LogP contribution in [-0.4, -0.2) is 37.2 Å².